The van der Waals surface area contributed by atoms with Gasteiger partial charge in [-0.1, -0.05) is 13.8 Å². The van der Waals surface area contributed by atoms with Crippen LogP contribution in [0, 0.1) is 11.6 Å². The minimum Gasteiger partial charge on any atom is -0.490 e. The van der Waals surface area contributed by atoms with Crippen LogP contribution in [-0.2, 0) is 0 Å². The number of rotatable bonds is 3. The van der Waals surface area contributed by atoms with Crippen molar-refractivity contribution in [3.8, 4) is 5.75 Å². The van der Waals surface area contributed by atoms with Crippen LogP contribution >= 0.6 is 0 Å². The minimum atomic E-state index is -0.576. The molecular formula is C12H14F2O. The summed E-state index contributed by atoms with van der Waals surface area (Å²) in [6, 6.07) is 2.19. The van der Waals surface area contributed by atoms with Gasteiger partial charge in [-0.05, 0) is 18.8 Å². The van der Waals surface area contributed by atoms with Crippen LogP contribution in [-0.4, -0.2) is 6.10 Å². The van der Waals surface area contributed by atoms with Crippen molar-refractivity contribution in [3.63, 3.8) is 0 Å². The topological polar surface area (TPSA) is 9.23 Å². The number of ether oxygens (including phenoxy) is 1. The quantitative estimate of drug-likeness (QED) is 0.743. The van der Waals surface area contributed by atoms with Gasteiger partial charge in [0.25, 0.3) is 0 Å². The Balaban J connectivity index is 2.38. The Morgan fingerprint density at radius 2 is 1.93 bits per heavy atom. The maximum atomic E-state index is 13.5. The Morgan fingerprint density at radius 1 is 1.27 bits per heavy atom. The lowest BCUT2D eigenvalue weighted by Gasteiger charge is -2.14. The van der Waals surface area contributed by atoms with Crippen molar-refractivity contribution < 1.29 is 13.5 Å². The average Bonchev–Trinajstić information content (AvgIpc) is 2.85. The van der Waals surface area contributed by atoms with Gasteiger partial charge in [0.1, 0.15) is 17.4 Å². The molecule has 0 amide bonds. The van der Waals surface area contributed by atoms with E-state index < -0.39 is 11.6 Å². The lowest BCUT2D eigenvalue weighted by atomic mass is 10.0. The summed E-state index contributed by atoms with van der Waals surface area (Å²) in [6.45, 7) is 3.74. The molecule has 0 radical (unpaired) electrons. The van der Waals surface area contributed by atoms with Gasteiger partial charge in [0, 0.05) is 17.7 Å². The molecule has 1 fully saturated rings. The molecule has 0 spiro atoms. The van der Waals surface area contributed by atoms with Crippen molar-refractivity contribution in [1.82, 2.24) is 0 Å². The zero-order valence-electron chi connectivity index (χ0n) is 8.89. The third kappa shape index (κ3) is 2.28. The van der Waals surface area contributed by atoms with Gasteiger partial charge in [-0.15, -0.1) is 0 Å². The summed E-state index contributed by atoms with van der Waals surface area (Å²) in [6.07, 6.45) is 2.12. The summed E-state index contributed by atoms with van der Waals surface area (Å²) >= 11 is 0. The molecule has 0 saturated heterocycles. The maximum Gasteiger partial charge on any atom is 0.133 e. The highest BCUT2D eigenvalue weighted by molar-refractivity contribution is 5.38. The fourth-order valence-corrected chi connectivity index (χ4v) is 1.58. The molecule has 1 aromatic carbocycles. The molecule has 1 saturated carbocycles. The molecule has 1 aromatic rings. The van der Waals surface area contributed by atoms with E-state index in [-0.39, 0.29) is 12.0 Å². The van der Waals surface area contributed by atoms with Crippen LogP contribution in [0.25, 0.3) is 0 Å². The van der Waals surface area contributed by atoms with E-state index in [2.05, 4.69) is 0 Å². The standard InChI is InChI=1S/C12H14F2O/c1-7(2)12-10(14)5-8(13)6-11(12)15-9-3-4-9/h5-7,9H,3-4H2,1-2H3. The monoisotopic (exact) mass is 212 g/mol. The lowest BCUT2D eigenvalue weighted by Crippen LogP contribution is -2.04. The first-order valence-electron chi connectivity index (χ1n) is 5.23. The fourth-order valence-electron chi connectivity index (χ4n) is 1.58. The largest absolute Gasteiger partial charge is 0.490 e. The van der Waals surface area contributed by atoms with Crippen molar-refractivity contribution in [2.45, 2.75) is 38.7 Å². The van der Waals surface area contributed by atoms with Crippen LogP contribution in [0.3, 0.4) is 0 Å². The van der Waals surface area contributed by atoms with E-state index in [1.807, 2.05) is 13.8 Å². The molecule has 0 aromatic heterocycles. The first-order chi connectivity index (χ1) is 7.08. The summed E-state index contributed by atoms with van der Waals surface area (Å²) in [4.78, 5) is 0. The first kappa shape index (κ1) is 10.4. The SMILES string of the molecule is CC(C)c1c(F)cc(F)cc1OC1CC1. The Kier molecular flexibility index (Phi) is 2.63. The molecule has 2 rings (SSSR count). The van der Waals surface area contributed by atoms with Gasteiger partial charge in [-0.25, -0.2) is 8.78 Å². The van der Waals surface area contributed by atoms with Crippen molar-refractivity contribution in [2.24, 2.45) is 0 Å². The Hall–Kier alpha value is -1.12. The third-order valence-electron chi connectivity index (χ3n) is 2.45. The Morgan fingerprint density at radius 3 is 2.47 bits per heavy atom. The average molecular weight is 212 g/mol. The normalized spacial score (nSPS) is 15.8. The molecular weight excluding hydrogens is 198 g/mol. The summed E-state index contributed by atoms with van der Waals surface area (Å²) in [5.74, 6) is -0.724. The lowest BCUT2D eigenvalue weighted by molar-refractivity contribution is 0.294. The molecule has 0 N–H and O–H groups in total. The van der Waals surface area contributed by atoms with Gasteiger partial charge >= 0.3 is 0 Å². The van der Waals surface area contributed by atoms with Gasteiger partial charge in [0.2, 0.25) is 0 Å². The first-order valence-corrected chi connectivity index (χ1v) is 5.23. The predicted molar refractivity (Wildman–Crippen MR) is 54.1 cm³/mol. The molecule has 3 heteroatoms. The summed E-state index contributed by atoms with van der Waals surface area (Å²) in [5, 5.41) is 0. The van der Waals surface area contributed by atoms with Gasteiger partial charge in [0.15, 0.2) is 0 Å². The molecule has 82 valence electrons. The van der Waals surface area contributed by atoms with Crippen LogP contribution < -0.4 is 4.74 Å². The van der Waals surface area contributed by atoms with Crippen molar-refractivity contribution in [3.05, 3.63) is 29.3 Å². The van der Waals surface area contributed by atoms with Crippen LogP contribution in [0.4, 0.5) is 8.78 Å². The molecule has 1 nitrogen and oxygen atoms in total. The molecule has 15 heavy (non-hydrogen) atoms. The van der Waals surface area contributed by atoms with Crippen molar-refractivity contribution >= 4 is 0 Å². The van der Waals surface area contributed by atoms with Crippen LogP contribution in [0.1, 0.15) is 38.2 Å². The van der Waals surface area contributed by atoms with Gasteiger partial charge < -0.3 is 4.74 Å². The molecule has 0 atom stereocenters. The van der Waals surface area contributed by atoms with Gasteiger partial charge in [0.05, 0.1) is 6.10 Å². The number of benzene rings is 1. The minimum absolute atomic E-state index is 0.000602. The second-order valence-corrected chi connectivity index (χ2v) is 4.27. The highest BCUT2D eigenvalue weighted by atomic mass is 19.1. The molecule has 0 heterocycles. The highest BCUT2D eigenvalue weighted by Crippen LogP contribution is 2.34. The second kappa shape index (κ2) is 3.80. The summed E-state index contributed by atoms with van der Waals surface area (Å²) in [5.41, 5.74) is 0.475. The van der Waals surface area contributed by atoms with E-state index in [0.717, 1.165) is 18.9 Å². The molecule has 1 aliphatic rings. The second-order valence-electron chi connectivity index (χ2n) is 4.27. The zero-order chi connectivity index (χ0) is 11.0. The van der Waals surface area contributed by atoms with E-state index in [9.17, 15) is 8.78 Å². The van der Waals surface area contributed by atoms with Crippen LogP contribution in [0.2, 0.25) is 0 Å². The third-order valence-corrected chi connectivity index (χ3v) is 2.45. The number of hydrogen-bond acceptors (Lipinski definition) is 1. The molecule has 0 aliphatic heterocycles. The van der Waals surface area contributed by atoms with Crippen molar-refractivity contribution in [2.75, 3.05) is 0 Å². The van der Waals surface area contributed by atoms with Gasteiger partial charge in [-0.3, -0.25) is 0 Å². The van der Waals surface area contributed by atoms with Crippen LogP contribution in [0.15, 0.2) is 12.1 Å². The zero-order valence-corrected chi connectivity index (χ0v) is 8.89. The molecule has 0 bridgehead atoms. The van der Waals surface area contributed by atoms with E-state index in [1.54, 1.807) is 0 Å². The van der Waals surface area contributed by atoms with E-state index >= 15 is 0 Å². The van der Waals surface area contributed by atoms with E-state index in [1.165, 1.54) is 6.07 Å². The Bertz CT molecular complexity index is 370. The summed E-state index contributed by atoms with van der Waals surface area (Å²) in [7, 11) is 0. The van der Waals surface area contributed by atoms with E-state index in [0.29, 0.717) is 11.3 Å². The van der Waals surface area contributed by atoms with Gasteiger partial charge in [-0.2, -0.15) is 0 Å². The highest BCUT2D eigenvalue weighted by Gasteiger charge is 2.26. The Labute approximate surface area is 88.1 Å². The predicted octanol–water partition coefficient (Wildman–Crippen LogP) is 3.63. The van der Waals surface area contributed by atoms with Crippen molar-refractivity contribution in [1.29, 1.82) is 0 Å². The molecule has 1 aliphatic carbocycles. The number of hydrogen-bond donors (Lipinski definition) is 0. The number of halogens is 2. The molecule has 0 unspecified atom stereocenters. The summed E-state index contributed by atoms with van der Waals surface area (Å²) < 4.78 is 32.0. The van der Waals surface area contributed by atoms with Crippen LogP contribution in [0.5, 0.6) is 5.75 Å². The van der Waals surface area contributed by atoms with E-state index in [4.69, 9.17) is 4.74 Å². The maximum absolute atomic E-state index is 13.5. The smallest absolute Gasteiger partial charge is 0.133 e. The fraction of sp³-hybridized carbons (Fsp3) is 0.500.